The third-order valence-electron chi connectivity index (χ3n) is 5.61. The van der Waals surface area contributed by atoms with Gasteiger partial charge in [0.1, 0.15) is 0 Å². The van der Waals surface area contributed by atoms with Crippen molar-refractivity contribution in [1.29, 1.82) is 0 Å². The van der Waals surface area contributed by atoms with E-state index in [0.717, 1.165) is 13.2 Å². The van der Waals surface area contributed by atoms with Gasteiger partial charge in [-0.15, -0.1) is 0 Å². The van der Waals surface area contributed by atoms with Crippen LogP contribution in [-0.2, 0) is 4.74 Å². The van der Waals surface area contributed by atoms with Crippen LogP contribution in [0.15, 0.2) is 0 Å². The summed E-state index contributed by atoms with van der Waals surface area (Å²) >= 11 is 0. The number of hydrogen-bond donors (Lipinski definition) is 1. The molecule has 0 radical (unpaired) electrons. The number of ether oxygens (including phenoxy) is 1. The van der Waals surface area contributed by atoms with Crippen LogP contribution in [0.2, 0.25) is 0 Å². The Morgan fingerprint density at radius 1 is 0.857 bits per heavy atom. The summed E-state index contributed by atoms with van der Waals surface area (Å²) in [5.41, 5.74) is 0. The van der Waals surface area contributed by atoms with Crippen LogP contribution in [0.1, 0.15) is 70.6 Å². The first-order valence-electron chi connectivity index (χ1n) is 9.30. The van der Waals surface area contributed by atoms with Gasteiger partial charge in [-0.2, -0.15) is 0 Å². The van der Waals surface area contributed by atoms with E-state index in [0.29, 0.717) is 18.1 Å². The number of nitrogens with zero attached hydrogens (tertiary/aromatic N) is 1. The maximum atomic E-state index is 5.61. The molecular weight excluding hydrogens is 260 g/mol. The largest absolute Gasteiger partial charge is 0.380 e. The molecule has 0 spiro atoms. The normalized spacial score (nSPS) is 33.6. The van der Waals surface area contributed by atoms with Crippen molar-refractivity contribution in [2.75, 3.05) is 27.3 Å². The van der Waals surface area contributed by atoms with Gasteiger partial charge in [-0.25, -0.2) is 0 Å². The summed E-state index contributed by atoms with van der Waals surface area (Å²) in [4.78, 5) is 2.64. The van der Waals surface area contributed by atoms with Crippen LogP contribution in [0, 0.1) is 0 Å². The van der Waals surface area contributed by atoms with Crippen LogP contribution >= 0.6 is 0 Å². The van der Waals surface area contributed by atoms with Crippen molar-refractivity contribution < 1.29 is 4.74 Å². The Kier molecular flexibility index (Phi) is 8.05. The topological polar surface area (TPSA) is 24.5 Å². The fourth-order valence-electron chi connectivity index (χ4n) is 4.11. The lowest BCUT2D eigenvalue weighted by molar-refractivity contribution is 0.104. The van der Waals surface area contributed by atoms with E-state index >= 15 is 0 Å². The summed E-state index contributed by atoms with van der Waals surface area (Å²) in [5, 5.41) is 3.63. The van der Waals surface area contributed by atoms with Gasteiger partial charge in [0.25, 0.3) is 0 Å². The van der Waals surface area contributed by atoms with Crippen LogP contribution in [0.3, 0.4) is 0 Å². The molecule has 1 aliphatic carbocycles. The van der Waals surface area contributed by atoms with Crippen molar-refractivity contribution in [3.05, 3.63) is 0 Å². The molecule has 0 aromatic heterocycles. The van der Waals surface area contributed by atoms with Gasteiger partial charge >= 0.3 is 0 Å². The molecule has 1 N–H and O–H groups in total. The monoisotopic (exact) mass is 296 g/mol. The predicted molar refractivity (Wildman–Crippen MR) is 89.8 cm³/mol. The van der Waals surface area contributed by atoms with Gasteiger partial charge in [-0.05, 0) is 33.4 Å². The van der Waals surface area contributed by atoms with E-state index in [1.54, 1.807) is 0 Å². The first-order valence-corrected chi connectivity index (χ1v) is 9.30. The summed E-state index contributed by atoms with van der Waals surface area (Å²) in [6.45, 7) is 1.88. The second kappa shape index (κ2) is 9.81. The maximum absolute atomic E-state index is 5.61. The zero-order chi connectivity index (χ0) is 14.9. The maximum Gasteiger partial charge on any atom is 0.0622 e. The Balaban J connectivity index is 1.95. The smallest absolute Gasteiger partial charge is 0.0622 e. The molecule has 3 atom stereocenters. The molecule has 2 rings (SSSR count). The second-order valence-corrected chi connectivity index (χ2v) is 7.05. The highest BCUT2D eigenvalue weighted by atomic mass is 16.5. The van der Waals surface area contributed by atoms with Gasteiger partial charge in [0.15, 0.2) is 0 Å². The van der Waals surface area contributed by atoms with Crippen LogP contribution in [0.5, 0.6) is 0 Å². The Hall–Kier alpha value is -0.120. The predicted octanol–water partition coefficient (Wildman–Crippen LogP) is 3.58. The highest BCUT2D eigenvalue weighted by Gasteiger charge is 2.30. The Bertz CT molecular complexity index is 266. The van der Waals surface area contributed by atoms with E-state index in [2.05, 4.69) is 24.3 Å². The number of rotatable bonds is 3. The Morgan fingerprint density at radius 3 is 2.05 bits per heavy atom. The summed E-state index contributed by atoms with van der Waals surface area (Å²) in [7, 11) is 4.49. The van der Waals surface area contributed by atoms with Gasteiger partial charge in [0.05, 0.1) is 6.61 Å². The molecule has 21 heavy (non-hydrogen) atoms. The van der Waals surface area contributed by atoms with Crippen LogP contribution in [0.25, 0.3) is 0 Å². The molecule has 0 bridgehead atoms. The molecule has 2 aliphatic rings. The Labute approximate surface area is 131 Å². The Morgan fingerprint density at radius 2 is 1.48 bits per heavy atom. The number of likely N-dealkylation sites (N-methyl/N-ethyl adjacent to an activating group) is 2. The van der Waals surface area contributed by atoms with Crippen molar-refractivity contribution in [3.8, 4) is 0 Å². The summed E-state index contributed by atoms with van der Waals surface area (Å²) in [5.74, 6) is 0. The minimum absolute atomic E-state index is 0.638. The van der Waals surface area contributed by atoms with E-state index in [9.17, 15) is 0 Å². The fraction of sp³-hybridized carbons (Fsp3) is 1.00. The molecule has 2 fully saturated rings. The SMILES string of the molecule is CNC1CCCCCCCCCCC1N(C)C1CCOC1. The molecule has 1 saturated carbocycles. The second-order valence-electron chi connectivity index (χ2n) is 7.05. The molecular formula is C18H36N2O. The molecule has 3 nitrogen and oxygen atoms in total. The molecule has 1 saturated heterocycles. The molecule has 0 amide bonds. The third-order valence-corrected chi connectivity index (χ3v) is 5.61. The average molecular weight is 296 g/mol. The molecule has 0 aromatic rings. The van der Waals surface area contributed by atoms with Crippen LogP contribution in [-0.4, -0.2) is 50.3 Å². The van der Waals surface area contributed by atoms with Crippen molar-refractivity contribution in [2.24, 2.45) is 0 Å². The molecule has 1 heterocycles. The molecule has 124 valence electrons. The standard InChI is InChI=1S/C18H36N2O/c1-19-17-11-9-7-5-3-4-6-8-10-12-18(17)20(2)16-13-14-21-15-16/h16-19H,3-15H2,1-2H3. The molecule has 3 heteroatoms. The van der Waals surface area contributed by atoms with Crippen molar-refractivity contribution in [1.82, 2.24) is 10.2 Å². The van der Waals surface area contributed by atoms with Crippen molar-refractivity contribution in [2.45, 2.75) is 88.8 Å². The van der Waals surface area contributed by atoms with Crippen molar-refractivity contribution >= 4 is 0 Å². The van der Waals surface area contributed by atoms with E-state index < -0.39 is 0 Å². The summed E-state index contributed by atoms with van der Waals surface area (Å²) < 4.78 is 5.61. The first kappa shape index (κ1) is 17.2. The van der Waals surface area contributed by atoms with Crippen molar-refractivity contribution in [3.63, 3.8) is 0 Å². The van der Waals surface area contributed by atoms with Gasteiger partial charge < -0.3 is 10.1 Å². The lowest BCUT2D eigenvalue weighted by Crippen LogP contribution is -2.51. The zero-order valence-electron chi connectivity index (χ0n) is 14.3. The van der Waals surface area contributed by atoms with E-state index in [4.69, 9.17) is 4.74 Å². The number of hydrogen-bond acceptors (Lipinski definition) is 3. The average Bonchev–Trinajstić information content (AvgIpc) is 3.01. The van der Waals surface area contributed by atoms with E-state index in [1.165, 1.54) is 70.6 Å². The number of nitrogens with one attached hydrogen (secondary N) is 1. The minimum Gasteiger partial charge on any atom is -0.380 e. The minimum atomic E-state index is 0.638. The third kappa shape index (κ3) is 5.54. The fourth-order valence-corrected chi connectivity index (χ4v) is 4.11. The van der Waals surface area contributed by atoms with Crippen LogP contribution in [0.4, 0.5) is 0 Å². The lowest BCUT2D eigenvalue weighted by atomic mass is 9.92. The summed E-state index contributed by atoms with van der Waals surface area (Å²) in [6, 6.07) is 1.97. The van der Waals surface area contributed by atoms with E-state index in [1.807, 2.05) is 0 Å². The first-order chi connectivity index (χ1) is 10.3. The zero-order valence-corrected chi connectivity index (χ0v) is 14.3. The van der Waals surface area contributed by atoms with Gasteiger partial charge in [-0.3, -0.25) is 4.90 Å². The molecule has 3 unspecified atom stereocenters. The van der Waals surface area contributed by atoms with Gasteiger partial charge in [0.2, 0.25) is 0 Å². The lowest BCUT2D eigenvalue weighted by Gasteiger charge is -2.38. The van der Waals surface area contributed by atoms with Gasteiger partial charge in [0, 0.05) is 24.7 Å². The van der Waals surface area contributed by atoms with Gasteiger partial charge in [-0.1, -0.05) is 51.4 Å². The highest BCUT2D eigenvalue weighted by Crippen LogP contribution is 2.23. The summed E-state index contributed by atoms with van der Waals surface area (Å²) in [6.07, 6.45) is 15.3. The quantitative estimate of drug-likeness (QED) is 0.861. The molecule has 1 aliphatic heterocycles. The van der Waals surface area contributed by atoms with E-state index in [-0.39, 0.29) is 0 Å². The van der Waals surface area contributed by atoms with Crippen LogP contribution < -0.4 is 5.32 Å². The highest BCUT2D eigenvalue weighted by molar-refractivity contribution is 4.87. The molecule has 0 aromatic carbocycles.